The van der Waals surface area contributed by atoms with E-state index in [1.807, 2.05) is 0 Å². The molecule has 0 aromatic rings. The summed E-state index contributed by atoms with van der Waals surface area (Å²) < 4.78 is 23.3. The van der Waals surface area contributed by atoms with E-state index in [4.69, 9.17) is 0 Å². The van der Waals surface area contributed by atoms with Crippen LogP contribution in [0.25, 0.3) is 0 Å². The van der Waals surface area contributed by atoms with Gasteiger partial charge in [-0.15, -0.1) is 0 Å². The molecular weight excluding hydrogens is 220 g/mol. The molecule has 2 atom stereocenters. The highest BCUT2D eigenvalue weighted by atomic mass is 32.2. The van der Waals surface area contributed by atoms with Gasteiger partial charge in [0.15, 0.2) is 5.04 Å². The number of fused-ring (bicyclic) bond motifs is 2. The fourth-order valence-electron chi connectivity index (χ4n) is 1.70. The zero-order valence-corrected chi connectivity index (χ0v) is 8.82. The highest BCUT2D eigenvalue weighted by Gasteiger charge is 2.47. The second-order valence-electron chi connectivity index (χ2n) is 3.37. The van der Waals surface area contributed by atoms with Crippen molar-refractivity contribution in [1.82, 2.24) is 5.32 Å². The van der Waals surface area contributed by atoms with Crippen LogP contribution in [0.2, 0.25) is 0 Å². The monoisotopic (exact) mass is 230 g/mol. The molecule has 1 saturated heterocycles. The SMILES string of the molecule is CNC(=O)ON=C1C2C=CC(C2)S1(=O)=O. The van der Waals surface area contributed by atoms with E-state index in [0.717, 1.165) is 0 Å². The normalized spacial score (nSPS) is 33.3. The number of nitrogens with zero attached hydrogens (tertiary/aromatic N) is 1. The van der Waals surface area contributed by atoms with Crippen molar-refractivity contribution in [1.29, 1.82) is 0 Å². The number of nitrogens with one attached hydrogen (secondary N) is 1. The van der Waals surface area contributed by atoms with E-state index in [1.54, 1.807) is 12.2 Å². The maximum Gasteiger partial charge on any atom is 0.433 e. The van der Waals surface area contributed by atoms with E-state index in [-0.39, 0.29) is 11.0 Å². The third-order valence-electron chi connectivity index (χ3n) is 2.47. The summed E-state index contributed by atoms with van der Waals surface area (Å²) in [5, 5.41) is 5.04. The van der Waals surface area contributed by atoms with Gasteiger partial charge in [0.2, 0.25) is 9.84 Å². The molecule has 2 bridgehead atoms. The van der Waals surface area contributed by atoms with Crippen molar-refractivity contribution in [3.05, 3.63) is 12.2 Å². The van der Waals surface area contributed by atoms with Crippen LogP contribution in [0.3, 0.4) is 0 Å². The first-order valence-corrected chi connectivity index (χ1v) is 5.99. The Balaban J connectivity index is 2.24. The van der Waals surface area contributed by atoms with E-state index >= 15 is 0 Å². The quantitative estimate of drug-likeness (QED) is 0.391. The molecule has 2 aliphatic rings. The van der Waals surface area contributed by atoms with Gasteiger partial charge < -0.3 is 5.32 Å². The zero-order valence-electron chi connectivity index (χ0n) is 8.00. The Labute approximate surface area is 86.9 Å². The van der Waals surface area contributed by atoms with Gasteiger partial charge in [-0.05, 0) is 6.42 Å². The van der Waals surface area contributed by atoms with E-state index in [0.29, 0.717) is 6.42 Å². The van der Waals surface area contributed by atoms with Crippen molar-refractivity contribution in [3.63, 3.8) is 0 Å². The number of amides is 1. The molecule has 0 aromatic heterocycles. The van der Waals surface area contributed by atoms with Gasteiger partial charge in [0, 0.05) is 13.0 Å². The van der Waals surface area contributed by atoms with Crippen LogP contribution < -0.4 is 5.32 Å². The summed E-state index contributed by atoms with van der Waals surface area (Å²) in [6.07, 6.45) is 3.17. The van der Waals surface area contributed by atoms with Crippen molar-refractivity contribution < 1.29 is 18.0 Å². The van der Waals surface area contributed by atoms with Crippen molar-refractivity contribution in [2.45, 2.75) is 11.7 Å². The van der Waals surface area contributed by atoms with Gasteiger partial charge in [0.1, 0.15) is 0 Å². The molecule has 1 amide bonds. The molecule has 1 aliphatic carbocycles. The number of hydrogen-bond donors (Lipinski definition) is 1. The molecule has 2 rings (SSSR count). The summed E-state index contributed by atoms with van der Waals surface area (Å²) in [6, 6.07) is 0. The molecule has 7 heteroatoms. The minimum atomic E-state index is -3.37. The largest absolute Gasteiger partial charge is 0.433 e. The summed E-state index contributed by atoms with van der Waals surface area (Å²) in [7, 11) is -2.00. The Hall–Kier alpha value is -1.37. The minimum absolute atomic E-state index is 0.0430. The van der Waals surface area contributed by atoms with Crippen molar-refractivity contribution in [2.24, 2.45) is 11.1 Å². The van der Waals surface area contributed by atoms with E-state index in [2.05, 4.69) is 15.3 Å². The van der Waals surface area contributed by atoms with Gasteiger partial charge in [0.25, 0.3) is 0 Å². The fourth-order valence-corrected chi connectivity index (χ4v) is 3.50. The minimum Gasteiger partial charge on any atom is -0.323 e. The van der Waals surface area contributed by atoms with Gasteiger partial charge in [-0.3, -0.25) is 4.84 Å². The Bertz CT molecular complexity index is 451. The summed E-state index contributed by atoms with van der Waals surface area (Å²) >= 11 is 0. The first-order valence-electron chi connectivity index (χ1n) is 4.44. The Morgan fingerprint density at radius 1 is 1.60 bits per heavy atom. The van der Waals surface area contributed by atoms with Crippen LogP contribution in [0.15, 0.2) is 17.3 Å². The summed E-state index contributed by atoms with van der Waals surface area (Å²) in [4.78, 5) is 15.1. The van der Waals surface area contributed by atoms with Crippen molar-refractivity contribution in [2.75, 3.05) is 7.05 Å². The molecule has 6 nitrogen and oxygen atoms in total. The highest BCUT2D eigenvalue weighted by Crippen LogP contribution is 2.36. The first-order chi connectivity index (χ1) is 7.05. The number of sulfone groups is 1. The molecule has 82 valence electrons. The van der Waals surface area contributed by atoms with Crippen LogP contribution in [-0.2, 0) is 14.7 Å². The fraction of sp³-hybridized carbons (Fsp3) is 0.500. The molecule has 1 fully saturated rings. The molecule has 0 aromatic carbocycles. The number of carbonyl (C=O) groups is 1. The average Bonchev–Trinajstić information content (AvgIpc) is 2.74. The Morgan fingerprint density at radius 2 is 2.33 bits per heavy atom. The molecule has 2 unspecified atom stereocenters. The lowest BCUT2D eigenvalue weighted by molar-refractivity contribution is 0.153. The summed E-state index contributed by atoms with van der Waals surface area (Å²) in [5.41, 5.74) is 0. The topological polar surface area (TPSA) is 84.8 Å². The van der Waals surface area contributed by atoms with Crippen LogP contribution in [-0.4, -0.2) is 31.9 Å². The average molecular weight is 230 g/mol. The van der Waals surface area contributed by atoms with Gasteiger partial charge in [0.05, 0.1) is 5.25 Å². The van der Waals surface area contributed by atoms with Crippen LogP contribution in [0.4, 0.5) is 4.79 Å². The lowest BCUT2D eigenvalue weighted by Gasteiger charge is -2.06. The highest BCUT2D eigenvalue weighted by molar-refractivity contribution is 8.07. The number of rotatable bonds is 1. The second kappa shape index (κ2) is 3.34. The van der Waals surface area contributed by atoms with Gasteiger partial charge in [-0.2, -0.15) is 0 Å². The number of carbonyl (C=O) groups excluding carboxylic acids is 1. The summed E-state index contributed by atoms with van der Waals surface area (Å²) in [5.74, 6) is -0.232. The predicted octanol–water partition coefficient (Wildman–Crippen LogP) is 0.0290. The number of allylic oxidation sites excluding steroid dienone is 1. The molecule has 1 aliphatic heterocycles. The lowest BCUT2D eigenvalue weighted by Crippen LogP contribution is -2.24. The number of oxime groups is 1. The zero-order chi connectivity index (χ0) is 11.1. The van der Waals surface area contributed by atoms with Crippen LogP contribution in [0, 0.1) is 5.92 Å². The summed E-state index contributed by atoms with van der Waals surface area (Å²) in [6.45, 7) is 0. The lowest BCUT2D eigenvalue weighted by atomic mass is 10.1. The van der Waals surface area contributed by atoms with E-state index in [9.17, 15) is 13.2 Å². The molecular formula is C8H10N2O4S. The maximum atomic E-state index is 11.7. The number of hydrogen-bond acceptors (Lipinski definition) is 5. The third kappa shape index (κ3) is 1.52. The molecule has 0 saturated carbocycles. The van der Waals surface area contributed by atoms with E-state index < -0.39 is 21.2 Å². The van der Waals surface area contributed by atoms with Crippen LogP contribution in [0.1, 0.15) is 6.42 Å². The van der Waals surface area contributed by atoms with Crippen LogP contribution >= 0.6 is 0 Å². The molecule has 0 spiro atoms. The molecule has 1 heterocycles. The Morgan fingerprint density at radius 3 is 2.87 bits per heavy atom. The smallest absolute Gasteiger partial charge is 0.323 e. The van der Waals surface area contributed by atoms with Crippen LogP contribution in [0.5, 0.6) is 0 Å². The third-order valence-corrected chi connectivity index (χ3v) is 4.58. The first kappa shape index (κ1) is 10.2. The Kier molecular flexibility index (Phi) is 2.26. The predicted molar refractivity (Wildman–Crippen MR) is 52.9 cm³/mol. The molecule has 1 N–H and O–H groups in total. The maximum absolute atomic E-state index is 11.7. The second-order valence-corrected chi connectivity index (χ2v) is 5.48. The van der Waals surface area contributed by atoms with Crippen molar-refractivity contribution in [3.8, 4) is 0 Å². The molecule has 0 radical (unpaired) electrons. The standard InChI is InChI=1S/C8H10N2O4S/c1-9-8(11)14-10-7-5-2-3-6(4-5)15(7,12)13/h2-3,5-6H,4H2,1H3,(H,9,11). The van der Waals surface area contributed by atoms with Gasteiger partial charge >= 0.3 is 6.09 Å². The van der Waals surface area contributed by atoms with E-state index in [1.165, 1.54) is 7.05 Å². The molecule has 15 heavy (non-hydrogen) atoms. The van der Waals surface area contributed by atoms with Crippen molar-refractivity contribution >= 4 is 21.0 Å². The van der Waals surface area contributed by atoms with Gasteiger partial charge in [-0.1, -0.05) is 17.3 Å². The van der Waals surface area contributed by atoms with Gasteiger partial charge in [-0.25, -0.2) is 13.2 Å².